The third-order valence-electron chi connectivity index (χ3n) is 4.30. The van der Waals surface area contributed by atoms with Gasteiger partial charge in [0.05, 0.1) is 33.0 Å². The van der Waals surface area contributed by atoms with Crippen LogP contribution in [0.4, 0.5) is 0 Å². The van der Waals surface area contributed by atoms with E-state index in [0.29, 0.717) is 26.4 Å². The summed E-state index contributed by atoms with van der Waals surface area (Å²) < 4.78 is 15.9. The molecule has 0 aromatic rings. The van der Waals surface area contributed by atoms with Crippen molar-refractivity contribution in [1.29, 1.82) is 0 Å². The summed E-state index contributed by atoms with van der Waals surface area (Å²) in [6, 6.07) is 0. The van der Waals surface area contributed by atoms with Gasteiger partial charge in [-0.2, -0.15) is 0 Å². The average Bonchev–Trinajstić information content (AvgIpc) is 2.32. The lowest BCUT2D eigenvalue weighted by Gasteiger charge is -2.41. The van der Waals surface area contributed by atoms with Crippen LogP contribution in [0.5, 0.6) is 0 Å². The maximum atomic E-state index is 11.6. The second-order valence-electron chi connectivity index (χ2n) is 5.85. The summed E-state index contributed by atoms with van der Waals surface area (Å²) in [6.07, 6.45) is 1.98. The number of hydroxylamine groups is 2. The van der Waals surface area contributed by atoms with E-state index >= 15 is 0 Å². The van der Waals surface area contributed by atoms with Crippen molar-refractivity contribution >= 4 is 0 Å². The molecule has 0 spiro atoms. The maximum Gasteiger partial charge on any atom is 0.211 e. The Balaban J connectivity index is 1.58. The molecule has 0 aromatic heterocycles. The lowest BCUT2D eigenvalue weighted by Crippen LogP contribution is -3.07. The lowest BCUT2D eigenvalue weighted by atomic mass is 9.84. The normalized spacial score (nSPS) is 25.4. The molecule has 6 nitrogen and oxygen atoms in total. The van der Waals surface area contributed by atoms with Crippen LogP contribution in [-0.2, 0) is 19.0 Å². The second-order valence-corrected chi connectivity index (χ2v) is 5.85. The van der Waals surface area contributed by atoms with E-state index < -0.39 is 0 Å². The molecule has 19 heavy (non-hydrogen) atoms. The van der Waals surface area contributed by atoms with Crippen LogP contribution in [0.25, 0.3) is 0 Å². The van der Waals surface area contributed by atoms with Gasteiger partial charge in [0.15, 0.2) is 0 Å². The van der Waals surface area contributed by atoms with Gasteiger partial charge in [-0.1, -0.05) is 13.8 Å². The van der Waals surface area contributed by atoms with E-state index in [9.17, 15) is 5.21 Å². The van der Waals surface area contributed by atoms with Gasteiger partial charge in [-0.3, -0.25) is 0 Å². The lowest BCUT2D eigenvalue weighted by molar-refractivity contribution is -1.07. The van der Waals surface area contributed by atoms with Crippen LogP contribution < -0.4 is 5.23 Å². The topological polar surface area (TPSA) is 64.4 Å². The third kappa shape index (κ3) is 3.65. The predicted molar refractivity (Wildman–Crippen MR) is 68.2 cm³/mol. The summed E-state index contributed by atoms with van der Waals surface area (Å²) in [4.78, 5) is 5.27. The minimum atomic E-state index is -0.286. The predicted octanol–water partition coefficient (Wildman–Crippen LogP) is 0.128. The molecule has 2 rings (SSSR count). The van der Waals surface area contributed by atoms with Gasteiger partial charge in [0, 0.05) is 10.8 Å². The van der Waals surface area contributed by atoms with E-state index in [1.807, 2.05) is 0 Å². The molecule has 0 aromatic carbocycles. The van der Waals surface area contributed by atoms with Crippen molar-refractivity contribution in [3.05, 3.63) is 5.21 Å². The van der Waals surface area contributed by atoms with Crippen LogP contribution in [0, 0.1) is 16.0 Å². The fourth-order valence-electron chi connectivity index (χ4n) is 2.19. The Kier molecular flexibility index (Phi) is 5.16. The molecule has 0 bridgehead atoms. The highest BCUT2D eigenvalue weighted by atomic mass is 16.9. The van der Waals surface area contributed by atoms with Crippen molar-refractivity contribution in [2.24, 2.45) is 10.8 Å². The van der Waals surface area contributed by atoms with Crippen LogP contribution in [-0.4, -0.2) is 46.4 Å². The Hall–Kier alpha value is -0.240. The number of quaternary nitrogens is 1. The van der Waals surface area contributed by atoms with E-state index in [1.54, 1.807) is 0 Å². The SMILES string of the molecule is CCC1(COC[NH+]([O-])OCC2(CC)COC2)COC1. The molecule has 0 amide bonds. The zero-order chi connectivity index (χ0) is 13.8. The Labute approximate surface area is 114 Å². The van der Waals surface area contributed by atoms with Gasteiger partial charge in [0.1, 0.15) is 6.61 Å². The fourth-order valence-corrected chi connectivity index (χ4v) is 2.19. The molecule has 0 radical (unpaired) electrons. The van der Waals surface area contributed by atoms with Crippen molar-refractivity contribution in [3.8, 4) is 0 Å². The van der Waals surface area contributed by atoms with Crippen molar-refractivity contribution in [3.63, 3.8) is 0 Å². The van der Waals surface area contributed by atoms with Gasteiger partial charge in [0.2, 0.25) is 6.73 Å². The highest BCUT2D eigenvalue weighted by Gasteiger charge is 2.39. The summed E-state index contributed by atoms with van der Waals surface area (Å²) in [6.45, 7) is 8.09. The molecule has 2 fully saturated rings. The van der Waals surface area contributed by atoms with Crippen molar-refractivity contribution in [1.82, 2.24) is 0 Å². The van der Waals surface area contributed by atoms with E-state index in [1.165, 1.54) is 0 Å². The molecule has 1 unspecified atom stereocenters. The van der Waals surface area contributed by atoms with Gasteiger partial charge < -0.3 is 19.4 Å². The zero-order valence-electron chi connectivity index (χ0n) is 11.9. The Morgan fingerprint density at radius 3 is 1.95 bits per heavy atom. The minimum Gasteiger partial charge on any atom is -0.598 e. The maximum absolute atomic E-state index is 11.6. The molecular weight excluding hydrogens is 250 g/mol. The van der Waals surface area contributed by atoms with E-state index in [2.05, 4.69) is 13.8 Å². The van der Waals surface area contributed by atoms with Crippen LogP contribution in [0.1, 0.15) is 26.7 Å². The number of hydrogen-bond acceptors (Lipinski definition) is 5. The third-order valence-corrected chi connectivity index (χ3v) is 4.30. The largest absolute Gasteiger partial charge is 0.598 e. The molecule has 2 aliphatic rings. The quantitative estimate of drug-likeness (QED) is 0.478. The monoisotopic (exact) mass is 275 g/mol. The molecule has 2 aliphatic heterocycles. The average molecular weight is 275 g/mol. The number of nitrogens with one attached hydrogen (secondary N) is 1. The van der Waals surface area contributed by atoms with E-state index in [4.69, 9.17) is 19.0 Å². The van der Waals surface area contributed by atoms with Gasteiger partial charge in [-0.25, -0.2) is 10.1 Å². The van der Waals surface area contributed by atoms with Crippen LogP contribution >= 0.6 is 0 Å². The number of hydrogen-bond donors (Lipinski definition) is 1. The first kappa shape index (κ1) is 15.2. The Bertz CT molecular complexity index is 267. The standard InChI is InChI=1S/C13H25NO5/c1-3-12(5-16-6-12)9-18-11-14(15)19-10-13(4-2)7-17-8-13/h14H,3-11H2,1-2H3. The summed E-state index contributed by atoms with van der Waals surface area (Å²) >= 11 is 0. The number of ether oxygens (including phenoxy) is 3. The first-order valence-electron chi connectivity index (χ1n) is 7.03. The van der Waals surface area contributed by atoms with E-state index in [0.717, 1.165) is 26.1 Å². The van der Waals surface area contributed by atoms with Crippen molar-refractivity contribution in [2.75, 3.05) is 46.4 Å². The van der Waals surface area contributed by atoms with Gasteiger partial charge in [-0.05, 0) is 12.8 Å². The minimum absolute atomic E-state index is 0.0302. The molecule has 1 N–H and O–H groups in total. The van der Waals surface area contributed by atoms with Crippen molar-refractivity contribution < 1.29 is 24.3 Å². The molecule has 2 saturated heterocycles. The fraction of sp³-hybridized carbons (Fsp3) is 1.00. The second kappa shape index (κ2) is 6.47. The summed E-state index contributed by atoms with van der Waals surface area (Å²) in [7, 11) is 0. The smallest absolute Gasteiger partial charge is 0.211 e. The van der Waals surface area contributed by atoms with Crippen LogP contribution in [0.15, 0.2) is 0 Å². The summed E-state index contributed by atoms with van der Waals surface area (Å²) in [5.74, 6) is 0. The summed E-state index contributed by atoms with van der Waals surface area (Å²) in [5, 5.41) is 11.3. The van der Waals surface area contributed by atoms with E-state index in [-0.39, 0.29) is 22.8 Å². The molecular formula is C13H25NO5. The molecule has 0 aliphatic carbocycles. The van der Waals surface area contributed by atoms with Gasteiger partial charge in [0.25, 0.3) is 0 Å². The molecule has 1 atom stereocenters. The molecule has 6 heteroatoms. The Morgan fingerprint density at radius 1 is 1.00 bits per heavy atom. The Morgan fingerprint density at radius 2 is 1.53 bits per heavy atom. The first-order chi connectivity index (χ1) is 9.14. The van der Waals surface area contributed by atoms with Crippen LogP contribution in [0.3, 0.4) is 0 Å². The molecule has 0 saturated carbocycles. The number of rotatable bonds is 9. The zero-order valence-corrected chi connectivity index (χ0v) is 11.9. The first-order valence-corrected chi connectivity index (χ1v) is 7.03. The van der Waals surface area contributed by atoms with Crippen LogP contribution in [0.2, 0.25) is 0 Å². The van der Waals surface area contributed by atoms with Gasteiger partial charge in [-0.15, -0.1) is 0 Å². The highest BCUT2D eigenvalue weighted by molar-refractivity contribution is 4.84. The highest BCUT2D eigenvalue weighted by Crippen LogP contribution is 2.31. The van der Waals surface area contributed by atoms with Crippen molar-refractivity contribution in [2.45, 2.75) is 26.7 Å². The molecule has 112 valence electrons. The summed E-state index contributed by atoms with van der Waals surface area (Å²) in [5.41, 5.74) is 0.162. The molecule has 2 heterocycles. The van der Waals surface area contributed by atoms with Gasteiger partial charge >= 0.3 is 0 Å².